The molecule has 0 saturated carbocycles. The number of aromatic nitrogens is 2. The van der Waals surface area contributed by atoms with Crippen LogP contribution in [0.2, 0.25) is 0 Å². The third-order valence-corrected chi connectivity index (χ3v) is 5.56. The summed E-state index contributed by atoms with van der Waals surface area (Å²) in [6.45, 7) is 3.23. The van der Waals surface area contributed by atoms with Gasteiger partial charge < -0.3 is 14.6 Å². The van der Waals surface area contributed by atoms with Crippen molar-refractivity contribution in [3.05, 3.63) is 63.0 Å². The summed E-state index contributed by atoms with van der Waals surface area (Å²) in [6, 6.07) is 8.50. The van der Waals surface area contributed by atoms with Gasteiger partial charge in [-0.25, -0.2) is 14.6 Å². The number of rotatable bonds is 5. The SMILES string of the molecule is Cc1c(C(=O)OC(C)C(=O)NC(=O)NCc2ccccc2)sc2ncn(C)c(=O)c12. The third-order valence-electron chi connectivity index (χ3n) is 4.38. The number of aryl methyl sites for hydroxylation is 2. The Kier molecular flexibility index (Phi) is 6.26. The van der Waals surface area contributed by atoms with Gasteiger partial charge >= 0.3 is 12.0 Å². The van der Waals surface area contributed by atoms with E-state index >= 15 is 0 Å². The predicted molar refractivity (Wildman–Crippen MR) is 111 cm³/mol. The highest BCUT2D eigenvalue weighted by atomic mass is 32.1. The zero-order valence-corrected chi connectivity index (χ0v) is 17.4. The van der Waals surface area contributed by atoms with E-state index < -0.39 is 24.0 Å². The van der Waals surface area contributed by atoms with Gasteiger partial charge in [0.05, 0.1) is 11.7 Å². The van der Waals surface area contributed by atoms with Crippen LogP contribution >= 0.6 is 11.3 Å². The number of nitrogens with one attached hydrogen (secondary N) is 2. The van der Waals surface area contributed by atoms with Gasteiger partial charge in [-0.15, -0.1) is 11.3 Å². The summed E-state index contributed by atoms with van der Waals surface area (Å²) in [7, 11) is 1.57. The topological polar surface area (TPSA) is 119 Å². The van der Waals surface area contributed by atoms with E-state index in [1.165, 1.54) is 17.8 Å². The summed E-state index contributed by atoms with van der Waals surface area (Å²) < 4.78 is 6.51. The van der Waals surface area contributed by atoms with Crippen molar-refractivity contribution in [2.45, 2.75) is 26.5 Å². The largest absolute Gasteiger partial charge is 0.448 e. The number of amides is 3. The Balaban J connectivity index is 1.61. The van der Waals surface area contributed by atoms with Gasteiger partial charge in [0.2, 0.25) is 0 Å². The molecule has 0 spiro atoms. The van der Waals surface area contributed by atoms with Crippen molar-refractivity contribution in [1.82, 2.24) is 20.2 Å². The molecule has 2 aromatic heterocycles. The van der Waals surface area contributed by atoms with Crippen molar-refractivity contribution in [2.24, 2.45) is 7.05 Å². The van der Waals surface area contributed by atoms with E-state index in [9.17, 15) is 19.2 Å². The van der Waals surface area contributed by atoms with Crippen molar-refractivity contribution in [1.29, 1.82) is 0 Å². The molecule has 0 aliphatic rings. The molecule has 3 amide bonds. The molecule has 10 heteroatoms. The number of thiophene rings is 1. The highest BCUT2D eigenvalue weighted by Gasteiger charge is 2.25. The van der Waals surface area contributed by atoms with Crippen LogP contribution in [0.25, 0.3) is 10.2 Å². The first-order valence-corrected chi connectivity index (χ1v) is 9.88. The zero-order valence-electron chi connectivity index (χ0n) is 16.6. The van der Waals surface area contributed by atoms with Crippen molar-refractivity contribution in [3.8, 4) is 0 Å². The Morgan fingerprint density at radius 2 is 1.93 bits per heavy atom. The van der Waals surface area contributed by atoms with E-state index in [1.807, 2.05) is 30.3 Å². The number of hydrogen-bond donors (Lipinski definition) is 2. The lowest BCUT2D eigenvalue weighted by Crippen LogP contribution is -2.44. The summed E-state index contributed by atoms with van der Waals surface area (Å²) >= 11 is 1.02. The van der Waals surface area contributed by atoms with Crippen LogP contribution < -0.4 is 16.2 Å². The van der Waals surface area contributed by atoms with E-state index in [0.717, 1.165) is 16.9 Å². The van der Waals surface area contributed by atoms with Crippen LogP contribution in [-0.2, 0) is 23.1 Å². The van der Waals surface area contributed by atoms with Gasteiger partial charge in [0.1, 0.15) is 9.71 Å². The first kappa shape index (κ1) is 21.2. The average molecular weight is 428 g/mol. The Labute approximate surface area is 175 Å². The summed E-state index contributed by atoms with van der Waals surface area (Å²) in [6.07, 6.45) is 0.167. The van der Waals surface area contributed by atoms with Crippen molar-refractivity contribution in [2.75, 3.05) is 0 Å². The fraction of sp³-hybridized carbons (Fsp3) is 0.250. The summed E-state index contributed by atoms with van der Waals surface area (Å²) in [5, 5.41) is 5.03. The molecule has 0 saturated heterocycles. The van der Waals surface area contributed by atoms with Crippen molar-refractivity contribution < 1.29 is 19.1 Å². The quantitative estimate of drug-likeness (QED) is 0.599. The van der Waals surface area contributed by atoms with Crippen LogP contribution in [0.1, 0.15) is 27.7 Å². The molecule has 0 aliphatic carbocycles. The molecule has 1 unspecified atom stereocenters. The van der Waals surface area contributed by atoms with Gasteiger partial charge in [-0.05, 0) is 25.0 Å². The number of nitrogens with zero attached hydrogens (tertiary/aromatic N) is 2. The van der Waals surface area contributed by atoms with Gasteiger partial charge in [0, 0.05) is 13.6 Å². The molecular formula is C20H20N4O5S. The number of imide groups is 1. The molecular weight excluding hydrogens is 408 g/mol. The number of carbonyl (C=O) groups is 3. The Bertz CT molecular complexity index is 1170. The second kappa shape index (κ2) is 8.87. The number of ether oxygens (including phenoxy) is 1. The molecule has 1 aromatic carbocycles. The van der Waals surface area contributed by atoms with Gasteiger partial charge in [0.15, 0.2) is 6.10 Å². The number of benzene rings is 1. The van der Waals surface area contributed by atoms with Crippen LogP contribution in [0.4, 0.5) is 4.79 Å². The Morgan fingerprint density at radius 1 is 1.23 bits per heavy atom. The first-order valence-electron chi connectivity index (χ1n) is 9.06. The fourth-order valence-electron chi connectivity index (χ4n) is 2.71. The minimum absolute atomic E-state index is 0.189. The lowest BCUT2D eigenvalue weighted by Gasteiger charge is -2.13. The molecule has 1 atom stereocenters. The standard InChI is InChI=1S/C20H20N4O5S/c1-11-14-17(22-10-24(3)18(14)26)30-15(11)19(27)29-12(2)16(25)23-20(28)21-9-13-7-5-4-6-8-13/h4-8,10,12H,9H2,1-3H3,(H2,21,23,25,28). The van der Waals surface area contributed by atoms with E-state index in [4.69, 9.17) is 4.74 Å². The van der Waals surface area contributed by atoms with Gasteiger partial charge in [0.25, 0.3) is 11.5 Å². The number of urea groups is 1. The minimum Gasteiger partial charge on any atom is -0.448 e. The highest BCUT2D eigenvalue weighted by molar-refractivity contribution is 7.20. The molecule has 3 aromatic rings. The van der Waals surface area contributed by atoms with Crippen molar-refractivity contribution in [3.63, 3.8) is 0 Å². The maximum absolute atomic E-state index is 12.5. The Morgan fingerprint density at radius 3 is 2.63 bits per heavy atom. The smallest absolute Gasteiger partial charge is 0.349 e. The molecule has 3 rings (SSSR count). The second-order valence-corrected chi connectivity index (χ2v) is 7.60. The minimum atomic E-state index is -1.21. The molecule has 0 fully saturated rings. The van der Waals surface area contributed by atoms with Gasteiger partial charge in [-0.3, -0.25) is 14.9 Å². The zero-order chi connectivity index (χ0) is 21.8. The van der Waals surface area contributed by atoms with E-state index in [1.54, 1.807) is 14.0 Å². The van der Waals surface area contributed by atoms with E-state index in [-0.39, 0.29) is 17.0 Å². The molecule has 0 aliphatic heterocycles. The van der Waals surface area contributed by atoms with Crippen molar-refractivity contribution >= 4 is 39.5 Å². The maximum Gasteiger partial charge on any atom is 0.349 e. The predicted octanol–water partition coefficient (Wildman–Crippen LogP) is 1.87. The van der Waals surface area contributed by atoms with Crippen LogP contribution in [-0.4, -0.2) is 33.6 Å². The number of hydrogen-bond acceptors (Lipinski definition) is 7. The third kappa shape index (κ3) is 4.54. The average Bonchev–Trinajstić information content (AvgIpc) is 3.07. The van der Waals surface area contributed by atoms with Gasteiger partial charge in [-0.1, -0.05) is 30.3 Å². The lowest BCUT2D eigenvalue weighted by molar-refractivity contribution is -0.127. The first-order chi connectivity index (χ1) is 14.3. The molecule has 2 heterocycles. The highest BCUT2D eigenvalue weighted by Crippen LogP contribution is 2.27. The monoisotopic (exact) mass is 428 g/mol. The summed E-state index contributed by atoms with van der Waals surface area (Å²) in [4.78, 5) is 53.6. The normalized spacial score (nSPS) is 11.7. The van der Waals surface area contributed by atoms with E-state index in [0.29, 0.717) is 15.8 Å². The molecule has 0 radical (unpaired) electrons. The van der Waals surface area contributed by atoms with Crippen LogP contribution in [0.5, 0.6) is 0 Å². The molecule has 30 heavy (non-hydrogen) atoms. The Hall–Kier alpha value is -3.53. The van der Waals surface area contributed by atoms with Crippen LogP contribution in [0.3, 0.4) is 0 Å². The van der Waals surface area contributed by atoms with Gasteiger partial charge in [-0.2, -0.15) is 0 Å². The second-order valence-electron chi connectivity index (χ2n) is 6.60. The van der Waals surface area contributed by atoms with E-state index in [2.05, 4.69) is 15.6 Å². The molecule has 2 N–H and O–H groups in total. The number of carbonyl (C=O) groups excluding carboxylic acids is 3. The van der Waals surface area contributed by atoms with Crippen LogP contribution in [0.15, 0.2) is 41.5 Å². The maximum atomic E-state index is 12.5. The lowest BCUT2D eigenvalue weighted by atomic mass is 10.2. The number of esters is 1. The number of fused-ring (bicyclic) bond motifs is 1. The van der Waals surface area contributed by atoms with Crippen LogP contribution in [0, 0.1) is 6.92 Å². The molecule has 0 bridgehead atoms. The summed E-state index contributed by atoms with van der Waals surface area (Å²) in [5.74, 6) is -1.52. The molecule has 9 nitrogen and oxygen atoms in total. The molecule has 156 valence electrons. The summed E-state index contributed by atoms with van der Waals surface area (Å²) in [5.41, 5.74) is 1.05. The fourth-order valence-corrected chi connectivity index (χ4v) is 3.73.